The molecule has 0 heterocycles. The molecule has 1 N–H and O–H groups in total. The molecule has 2 aromatic carbocycles. The smallest absolute Gasteiger partial charge is 0.123 e. The van der Waals surface area contributed by atoms with Crippen molar-refractivity contribution < 1.29 is 5.11 Å². The molecule has 1 atom stereocenters. The van der Waals surface area contributed by atoms with Gasteiger partial charge in [0.15, 0.2) is 0 Å². The Morgan fingerprint density at radius 3 is 1.56 bits per heavy atom. The second-order valence-corrected chi connectivity index (χ2v) is 9.24. The van der Waals surface area contributed by atoms with Crippen molar-refractivity contribution in [3.63, 3.8) is 0 Å². The first-order valence-corrected chi connectivity index (χ1v) is 9.02. The molecule has 2 aromatic rings. The number of phenols is 1. The zero-order chi connectivity index (χ0) is 19.0. The van der Waals surface area contributed by atoms with Gasteiger partial charge in [0.1, 0.15) is 5.75 Å². The molecule has 0 amide bonds. The van der Waals surface area contributed by atoms with Gasteiger partial charge >= 0.3 is 0 Å². The van der Waals surface area contributed by atoms with Gasteiger partial charge in [-0.15, -0.1) is 0 Å². The summed E-state index contributed by atoms with van der Waals surface area (Å²) in [5, 5.41) is 11.0. The van der Waals surface area contributed by atoms with E-state index in [0.29, 0.717) is 5.75 Å². The third-order valence-electron chi connectivity index (χ3n) is 4.70. The van der Waals surface area contributed by atoms with Crippen molar-refractivity contribution in [2.45, 2.75) is 58.4 Å². The van der Waals surface area contributed by atoms with Crippen molar-refractivity contribution in [2.24, 2.45) is 0 Å². The molecule has 0 aromatic heterocycles. The summed E-state index contributed by atoms with van der Waals surface area (Å²) in [6.07, 6.45) is 0. The molecule has 0 saturated heterocycles. The zero-order valence-electron chi connectivity index (χ0n) is 17.0. The predicted molar refractivity (Wildman–Crippen MR) is 107 cm³/mol. The lowest BCUT2D eigenvalue weighted by atomic mass is 9.77. The molecule has 0 aliphatic rings. The van der Waals surface area contributed by atoms with Crippen LogP contribution in [0.3, 0.4) is 0 Å². The third-order valence-corrected chi connectivity index (χ3v) is 4.70. The van der Waals surface area contributed by atoms with Gasteiger partial charge in [-0.25, -0.2) is 0 Å². The van der Waals surface area contributed by atoms with Crippen LogP contribution < -0.4 is 0 Å². The quantitative estimate of drug-likeness (QED) is 0.782. The predicted octanol–water partition coefficient (Wildman–Crippen LogP) is 5.64. The summed E-state index contributed by atoms with van der Waals surface area (Å²) in [5.74, 6) is 0.439. The molecule has 2 nitrogen and oxygen atoms in total. The maximum atomic E-state index is 11.0. The Morgan fingerprint density at radius 2 is 1.20 bits per heavy atom. The number of benzene rings is 2. The first-order valence-electron chi connectivity index (χ1n) is 9.02. The number of hydrogen-bond acceptors (Lipinski definition) is 2. The molecule has 0 bridgehead atoms. The number of phenolic OH excluding ortho intramolecular Hbond substituents is 1. The van der Waals surface area contributed by atoms with Gasteiger partial charge < -0.3 is 5.11 Å². The van der Waals surface area contributed by atoms with Gasteiger partial charge in [0.2, 0.25) is 0 Å². The van der Waals surface area contributed by atoms with Crippen LogP contribution in [0.25, 0.3) is 0 Å². The lowest BCUT2D eigenvalue weighted by molar-refractivity contribution is 0.340. The van der Waals surface area contributed by atoms with E-state index in [9.17, 15) is 5.11 Å². The topological polar surface area (TPSA) is 23.5 Å². The summed E-state index contributed by atoms with van der Waals surface area (Å²) < 4.78 is 0. The highest BCUT2D eigenvalue weighted by atomic mass is 16.3. The summed E-state index contributed by atoms with van der Waals surface area (Å²) in [6.45, 7) is 12.9. The van der Waals surface area contributed by atoms with E-state index < -0.39 is 0 Å². The van der Waals surface area contributed by atoms with Crippen molar-refractivity contribution in [1.82, 2.24) is 4.90 Å². The number of hydrogen-bond donors (Lipinski definition) is 1. The maximum Gasteiger partial charge on any atom is 0.123 e. The Hall–Kier alpha value is -1.80. The molecule has 0 spiro atoms. The van der Waals surface area contributed by atoms with Crippen molar-refractivity contribution >= 4 is 0 Å². The van der Waals surface area contributed by atoms with Crippen molar-refractivity contribution in [3.05, 3.63) is 64.7 Å². The van der Waals surface area contributed by atoms with E-state index in [1.165, 1.54) is 11.1 Å². The lowest BCUT2D eigenvalue weighted by Crippen LogP contribution is -2.24. The Kier molecular flexibility index (Phi) is 5.34. The van der Waals surface area contributed by atoms with E-state index in [-0.39, 0.29) is 16.9 Å². The van der Waals surface area contributed by atoms with E-state index in [1.54, 1.807) is 0 Å². The first-order chi connectivity index (χ1) is 11.4. The molecular formula is C23H33NO. The zero-order valence-corrected chi connectivity index (χ0v) is 17.0. The Morgan fingerprint density at radius 1 is 0.760 bits per heavy atom. The van der Waals surface area contributed by atoms with Gasteiger partial charge in [-0.05, 0) is 59.3 Å². The van der Waals surface area contributed by atoms with Crippen molar-refractivity contribution in [2.75, 3.05) is 14.1 Å². The minimum Gasteiger partial charge on any atom is -0.507 e. The van der Waals surface area contributed by atoms with Gasteiger partial charge in [0.25, 0.3) is 0 Å². The van der Waals surface area contributed by atoms with Crippen LogP contribution in [0.4, 0.5) is 0 Å². The highest BCUT2D eigenvalue weighted by molar-refractivity contribution is 5.51. The van der Waals surface area contributed by atoms with Crippen molar-refractivity contribution in [1.29, 1.82) is 0 Å². The highest BCUT2D eigenvalue weighted by Gasteiger charge is 2.29. The number of nitrogens with zero attached hydrogens (tertiary/aromatic N) is 1. The fourth-order valence-electron chi connectivity index (χ4n) is 3.38. The standard InChI is InChI=1S/C23H33NO/c1-22(2,3)18-14-17(15-19(21(18)25)23(4,5)6)20(24(7)8)16-12-10-9-11-13-16/h9-15,20,25H,1-8H3. The average Bonchev–Trinajstić information content (AvgIpc) is 2.47. The molecule has 2 rings (SSSR count). The second kappa shape index (κ2) is 6.84. The van der Waals surface area contributed by atoms with Crippen LogP contribution >= 0.6 is 0 Å². The van der Waals surface area contributed by atoms with Gasteiger partial charge in [0.05, 0.1) is 6.04 Å². The lowest BCUT2D eigenvalue weighted by Gasteiger charge is -2.32. The van der Waals surface area contributed by atoms with Gasteiger partial charge in [-0.1, -0.05) is 71.9 Å². The maximum absolute atomic E-state index is 11.0. The summed E-state index contributed by atoms with van der Waals surface area (Å²) in [5.41, 5.74) is 4.28. The molecule has 136 valence electrons. The van der Waals surface area contributed by atoms with Gasteiger partial charge in [-0.3, -0.25) is 4.90 Å². The second-order valence-electron chi connectivity index (χ2n) is 9.24. The monoisotopic (exact) mass is 339 g/mol. The average molecular weight is 340 g/mol. The van der Waals surface area contributed by atoms with Gasteiger partial charge in [-0.2, -0.15) is 0 Å². The van der Waals surface area contributed by atoms with E-state index in [1.807, 2.05) is 6.07 Å². The van der Waals surface area contributed by atoms with Crippen LogP contribution in [-0.2, 0) is 10.8 Å². The summed E-state index contributed by atoms with van der Waals surface area (Å²) in [4.78, 5) is 2.24. The minimum absolute atomic E-state index is 0.117. The van der Waals surface area contributed by atoms with Crippen LogP contribution in [-0.4, -0.2) is 24.1 Å². The van der Waals surface area contributed by atoms with Crippen LogP contribution in [0.15, 0.2) is 42.5 Å². The number of aromatic hydroxyl groups is 1. The van der Waals surface area contributed by atoms with E-state index in [0.717, 1.165) is 11.1 Å². The molecule has 1 unspecified atom stereocenters. The molecule has 0 saturated carbocycles. The Balaban J connectivity index is 2.75. The molecule has 0 aliphatic heterocycles. The largest absolute Gasteiger partial charge is 0.507 e. The molecule has 0 fully saturated rings. The highest BCUT2D eigenvalue weighted by Crippen LogP contribution is 2.42. The van der Waals surface area contributed by atoms with Crippen LogP contribution in [0.2, 0.25) is 0 Å². The Bertz CT molecular complexity index is 683. The third kappa shape index (κ3) is 4.24. The molecule has 25 heavy (non-hydrogen) atoms. The van der Waals surface area contributed by atoms with E-state index in [4.69, 9.17) is 0 Å². The number of rotatable bonds is 3. The normalized spacial score (nSPS) is 14.0. The SMILES string of the molecule is CN(C)C(c1ccccc1)c1cc(C(C)(C)C)c(O)c(C(C)(C)C)c1. The van der Waals surface area contributed by atoms with Crippen LogP contribution in [0.1, 0.15) is 69.8 Å². The summed E-state index contributed by atoms with van der Waals surface area (Å²) >= 11 is 0. The van der Waals surface area contributed by atoms with E-state index in [2.05, 4.69) is 96.9 Å². The molecule has 0 radical (unpaired) electrons. The summed E-state index contributed by atoms with van der Waals surface area (Å²) in [6, 6.07) is 15.1. The fourth-order valence-corrected chi connectivity index (χ4v) is 3.38. The minimum atomic E-state index is -0.117. The van der Waals surface area contributed by atoms with Gasteiger partial charge in [0, 0.05) is 0 Å². The fraction of sp³-hybridized carbons (Fsp3) is 0.478. The summed E-state index contributed by atoms with van der Waals surface area (Å²) in [7, 11) is 4.22. The van der Waals surface area contributed by atoms with E-state index >= 15 is 0 Å². The molecular weight excluding hydrogens is 306 g/mol. The van der Waals surface area contributed by atoms with Crippen molar-refractivity contribution in [3.8, 4) is 5.75 Å². The molecule has 0 aliphatic carbocycles. The first kappa shape index (κ1) is 19.5. The van der Waals surface area contributed by atoms with Crippen LogP contribution in [0, 0.1) is 0 Å². The molecule has 2 heteroatoms. The van der Waals surface area contributed by atoms with Crippen LogP contribution in [0.5, 0.6) is 5.75 Å². The Labute approximate surface area is 153 Å².